The van der Waals surface area contributed by atoms with Crippen molar-refractivity contribution in [3.05, 3.63) is 94.4 Å². The van der Waals surface area contributed by atoms with Gasteiger partial charge in [-0.1, -0.05) is 29.8 Å². The third-order valence-corrected chi connectivity index (χ3v) is 6.25. The highest BCUT2D eigenvalue weighted by molar-refractivity contribution is 7.80. The van der Waals surface area contributed by atoms with Crippen molar-refractivity contribution in [2.24, 2.45) is 0 Å². The fraction of sp³-hybridized carbons (Fsp3) is 0.148. The molecular formula is C27H22ClFN2O5S. The van der Waals surface area contributed by atoms with E-state index < -0.39 is 11.9 Å². The highest BCUT2D eigenvalue weighted by Gasteiger charge is 2.40. The molecular weight excluding hydrogens is 519 g/mol. The first-order chi connectivity index (χ1) is 17.8. The maximum absolute atomic E-state index is 13.5. The van der Waals surface area contributed by atoms with Crippen molar-refractivity contribution in [1.29, 1.82) is 0 Å². The number of benzene rings is 3. The average molecular weight is 541 g/mol. The van der Waals surface area contributed by atoms with Gasteiger partial charge in [0.1, 0.15) is 36.2 Å². The second-order valence-corrected chi connectivity index (χ2v) is 8.69. The van der Waals surface area contributed by atoms with E-state index in [0.717, 1.165) is 5.56 Å². The van der Waals surface area contributed by atoms with Crippen LogP contribution < -0.4 is 14.4 Å². The standard InChI is InChI=1S/C27H22ClFN2O5S/c1-34-21-10-8-20(9-11-21)31-26(33)23(30(27(31)37)15-25(32)35-2)14-18-5-12-24(22(28)13-18)36-16-17-3-6-19(29)7-4-17/h3-14H,15-16H2,1-2H3/b23-14-. The molecule has 0 aromatic heterocycles. The average Bonchev–Trinajstić information content (AvgIpc) is 3.13. The minimum absolute atomic E-state index is 0.136. The SMILES string of the molecule is COC(=O)CN1C(=S)N(c2ccc(OC)cc2)C(=O)/C1=C/c1ccc(OCc2ccc(F)cc2)c(Cl)c1. The Hall–Kier alpha value is -3.95. The van der Waals surface area contributed by atoms with E-state index in [9.17, 15) is 14.0 Å². The Morgan fingerprint density at radius 2 is 1.76 bits per heavy atom. The number of ether oxygens (including phenoxy) is 3. The zero-order valence-corrected chi connectivity index (χ0v) is 21.5. The zero-order valence-electron chi connectivity index (χ0n) is 19.9. The lowest BCUT2D eigenvalue weighted by molar-refractivity contribution is -0.140. The second-order valence-electron chi connectivity index (χ2n) is 7.92. The van der Waals surface area contributed by atoms with Gasteiger partial charge in [-0.05, 0) is 78.0 Å². The van der Waals surface area contributed by atoms with Gasteiger partial charge in [-0.2, -0.15) is 0 Å². The van der Waals surface area contributed by atoms with E-state index in [1.165, 1.54) is 29.0 Å². The first-order valence-corrected chi connectivity index (χ1v) is 11.8. The Bertz CT molecular complexity index is 1360. The summed E-state index contributed by atoms with van der Waals surface area (Å²) in [4.78, 5) is 28.3. The molecule has 37 heavy (non-hydrogen) atoms. The number of hydrogen-bond acceptors (Lipinski definition) is 6. The maximum atomic E-state index is 13.5. The van der Waals surface area contributed by atoms with E-state index in [-0.39, 0.29) is 29.8 Å². The quantitative estimate of drug-likeness (QED) is 0.220. The highest BCUT2D eigenvalue weighted by Crippen LogP contribution is 2.32. The number of carbonyl (C=O) groups is 2. The molecule has 1 aliphatic heterocycles. The van der Waals surface area contributed by atoms with E-state index in [2.05, 4.69) is 0 Å². The van der Waals surface area contributed by atoms with Crippen molar-refractivity contribution in [3.63, 3.8) is 0 Å². The molecule has 0 spiro atoms. The van der Waals surface area contributed by atoms with Gasteiger partial charge in [-0.15, -0.1) is 0 Å². The normalized spacial score (nSPS) is 14.3. The lowest BCUT2D eigenvalue weighted by Crippen LogP contribution is -2.35. The molecule has 3 aromatic carbocycles. The first kappa shape index (κ1) is 26.1. The van der Waals surface area contributed by atoms with Crippen LogP contribution in [0.15, 0.2) is 72.4 Å². The van der Waals surface area contributed by atoms with Crippen LogP contribution in [0.5, 0.6) is 11.5 Å². The number of anilines is 1. The van der Waals surface area contributed by atoms with Crippen molar-refractivity contribution in [2.45, 2.75) is 6.61 Å². The van der Waals surface area contributed by atoms with Gasteiger partial charge in [0.25, 0.3) is 5.91 Å². The fourth-order valence-electron chi connectivity index (χ4n) is 3.61. The van der Waals surface area contributed by atoms with E-state index in [1.54, 1.807) is 67.8 Å². The summed E-state index contributed by atoms with van der Waals surface area (Å²) in [5.74, 6) is -0.244. The van der Waals surface area contributed by atoms with Crippen molar-refractivity contribution >= 4 is 52.6 Å². The molecule has 0 bridgehead atoms. The van der Waals surface area contributed by atoms with Crippen molar-refractivity contribution in [2.75, 3.05) is 25.7 Å². The van der Waals surface area contributed by atoms with Crippen LogP contribution in [0.2, 0.25) is 5.02 Å². The van der Waals surface area contributed by atoms with E-state index in [0.29, 0.717) is 27.8 Å². The van der Waals surface area contributed by atoms with Crippen LogP contribution in [-0.2, 0) is 20.9 Å². The number of rotatable bonds is 8. The van der Waals surface area contributed by atoms with Gasteiger partial charge >= 0.3 is 5.97 Å². The van der Waals surface area contributed by atoms with Crippen LogP contribution in [-0.4, -0.2) is 42.7 Å². The van der Waals surface area contributed by atoms with Crippen molar-refractivity contribution in [3.8, 4) is 11.5 Å². The predicted molar refractivity (Wildman–Crippen MR) is 142 cm³/mol. The van der Waals surface area contributed by atoms with Gasteiger partial charge in [0.05, 0.1) is 24.9 Å². The highest BCUT2D eigenvalue weighted by atomic mass is 35.5. The molecule has 0 aliphatic carbocycles. The first-order valence-electron chi connectivity index (χ1n) is 11.1. The Kier molecular flexibility index (Phi) is 8.05. The van der Waals surface area contributed by atoms with Gasteiger partial charge in [0, 0.05) is 0 Å². The summed E-state index contributed by atoms with van der Waals surface area (Å²) in [6.07, 6.45) is 1.59. The van der Waals surface area contributed by atoms with Crippen molar-refractivity contribution < 1.29 is 28.2 Å². The molecule has 3 aromatic rings. The Morgan fingerprint density at radius 1 is 1.05 bits per heavy atom. The maximum Gasteiger partial charge on any atom is 0.325 e. The summed E-state index contributed by atoms with van der Waals surface area (Å²) in [7, 11) is 2.81. The van der Waals surface area contributed by atoms with Crippen LogP contribution in [0.4, 0.5) is 10.1 Å². The summed E-state index contributed by atoms with van der Waals surface area (Å²) in [5, 5.41) is 0.452. The largest absolute Gasteiger partial charge is 0.497 e. The topological polar surface area (TPSA) is 68.3 Å². The lowest BCUT2D eigenvalue weighted by atomic mass is 10.1. The summed E-state index contributed by atoms with van der Waals surface area (Å²) in [6.45, 7) is -0.0386. The number of nitrogens with zero attached hydrogens (tertiary/aromatic N) is 2. The molecule has 1 heterocycles. The number of hydrogen-bond donors (Lipinski definition) is 0. The van der Waals surface area contributed by atoms with Crippen molar-refractivity contribution in [1.82, 2.24) is 4.90 Å². The Balaban J connectivity index is 1.60. The summed E-state index contributed by atoms with van der Waals surface area (Å²) in [5.41, 5.74) is 2.08. The van der Waals surface area contributed by atoms with Gasteiger partial charge in [0.15, 0.2) is 5.11 Å². The molecule has 190 valence electrons. The molecule has 1 aliphatic rings. The van der Waals surface area contributed by atoms with Crippen LogP contribution in [0.1, 0.15) is 11.1 Å². The van der Waals surface area contributed by atoms with E-state index in [1.807, 2.05) is 0 Å². The Labute approximate surface area is 223 Å². The molecule has 0 unspecified atom stereocenters. The minimum atomic E-state index is -0.555. The predicted octanol–water partition coefficient (Wildman–Crippen LogP) is 5.21. The molecule has 0 saturated carbocycles. The van der Waals surface area contributed by atoms with Gasteiger partial charge < -0.3 is 19.1 Å². The van der Waals surface area contributed by atoms with Gasteiger partial charge in [-0.3, -0.25) is 14.5 Å². The van der Waals surface area contributed by atoms with Crippen LogP contribution in [0.3, 0.4) is 0 Å². The molecule has 0 N–H and O–H groups in total. The van der Waals surface area contributed by atoms with E-state index in [4.69, 9.17) is 38.0 Å². The zero-order chi connectivity index (χ0) is 26.5. The molecule has 7 nitrogen and oxygen atoms in total. The number of esters is 1. The lowest BCUT2D eigenvalue weighted by Gasteiger charge is -2.19. The molecule has 10 heteroatoms. The smallest absolute Gasteiger partial charge is 0.325 e. The van der Waals surface area contributed by atoms with Gasteiger partial charge in [0.2, 0.25) is 0 Å². The number of halogens is 2. The third-order valence-electron chi connectivity index (χ3n) is 5.55. The van der Waals surface area contributed by atoms with Crippen LogP contribution >= 0.6 is 23.8 Å². The fourth-order valence-corrected chi connectivity index (χ4v) is 4.20. The third kappa shape index (κ3) is 5.90. The number of amides is 1. The number of carbonyl (C=O) groups excluding carboxylic acids is 2. The van der Waals surface area contributed by atoms with Crippen LogP contribution in [0, 0.1) is 5.82 Å². The number of methoxy groups -OCH3 is 2. The second kappa shape index (κ2) is 11.4. The van der Waals surface area contributed by atoms with Gasteiger partial charge in [-0.25, -0.2) is 4.39 Å². The monoisotopic (exact) mass is 540 g/mol. The van der Waals surface area contributed by atoms with E-state index >= 15 is 0 Å². The molecule has 1 fully saturated rings. The summed E-state index contributed by atoms with van der Waals surface area (Å²) in [6, 6.07) is 17.8. The molecule has 4 rings (SSSR count). The molecule has 0 radical (unpaired) electrons. The molecule has 1 saturated heterocycles. The molecule has 1 amide bonds. The molecule has 0 atom stereocenters. The summed E-state index contributed by atoms with van der Waals surface area (Å²) >= 11 is 12.0. The van der Waals surface area contributed by atoms with Crippen LogP contribution in [0.25, 0.3) is 6.08 Å². The summed E-state index contributed by atoms with van der Waals surface area (Å²) < 4.78 is 28.8. The number of thiocarbonyl (C=S) groups is 1. The Morgan fingerprint density at radius 3 is 2.38 bits per heavy atom. The minimum Gasteiger partial charge on any atom is -0.497 e.